The van der Waals surface area contributed by atoms with E-state index in [0.717, 1.165) is 0 Å². The Hall–Kier alpha value is -2.26. The van der Waals surface area contributed by atoms with Crippen molar-refractivity contribution in [3.8, 4) is 11.4 Å². The molecule has 30 heavy (non-hydrogen) atoms. The summed E-state index contributed by atoms with van der Waals surface area (Å²) >= 11 is 18.0. The number of halogens is 3. The molecule has 1 aromatic heterocycles. The Kier molecular flexibility index (Phi) is 6.62. The SMILES string of the molecule is CC(C)Oc1ccc(Cl)c(S(=O)(=O)NC(=O)c2cn(-c3cc(Cl)cc(Cl)c3)cn2)c1. The number of rotatable bonds is 6. The quantitative estimate of drug-likeness (QED) is 0.541. The zero-order chi connectivity index (χ0) is 22.1. The van der Waals surface area contributed by atoms with E-state index in [1.165, 1.54) is 29.2 Å². The Morgan fingerprint density at radius 1 is 1.10 bits per heavy atom. The number of carbonyl (C=O) groups is 1. The number of ether oxygens (including phenoxy) is 1. The molecular weight excluding hydrogens is 473 g/mol. The molecule has 0 aliphatic carbocycles. The van der Waals surface area contributed by atoms with Gasteiger partial charge in [0.15, 0.2) is 0 Å². The Morgan fingerprint density at radius 3 is 2.40 bits per heavy atom. The second kappa shape index (κ2) is 8.85. The Bertz CT molecular complexity index is 1190. The van der Waals surface area contributed by atoms with Gasteiger partial charge in [-0.2, -0.15) is 0 Å². The first-order valence-electron chi connectivity index (χ1n) is 8.59. The lowest BCUT2D eigenvalue weighted by Gasteiger charge is -2.12. The molecule has 0 bridgehead atoms. The molecule has 0 saturated heterocycles. The van der Waals surface area contributed by atoms with E-state index in [0.29, 0.717) is 21.5 Å². The van der Waals surface area contributed by atoms with Gasteiger partial charge >= 0.3 is 0 Å². The van der Waals surface area contributed by atoms with Gasteiger partial charge in [0.2, 0.25) is 0 Å². The van der Waals surface area contributed by atoms with Gasteiger partial charge in [0.1, 0.15) is 22.7 Å². The van der Waals surface area contributed by atoms with Crippen LogP contribution in [0.5, 0.6) is 5.75 Å². The summed E-state index contributed by atoms with van der Waals surface area (Å²) in [5.74, 6) is -0.613. The highest BCUT2D eigenvalue weighted by molar-refractivity contribution is 7.90. The first kappa shape index (κ1) is 22.4. The van der Waals surface area contributed by atoms with Gasteiger partial charge in [-0.3, -0.25) is 4.79 Å². The number of amides is 1. The topological polar surface area (TPSA) is 90.3 Å². The number of carbonyl (C=O) groups excluding carboxylic acids is 1. The number of nitrogens with one attached hydrogen (secondary N) is 1. The average Bonchev–Trinajstić information content (AvgIpc) is 3.12. The second-order valence-corrected chi connectivity index (χ2v) is 9.42. The minimum absolute atomic E-state index is 0.0505. The maximum atomic E-state index is 12.7. The molecule has 0 unspecified atom stereocenters. The zero-order valence-electron chi connectivity index (χ0n) is 15.8. The molecular formula is C19H16Cl3N3O4S. The lowest BCUT2D eigenvalue weighted by atomic mass is 10.3. The molecule has 2 aromatic carbocycles. The third-order valence-corrected chi connectivity index (χ3v) is 6.00. The fraction of sp³-hybridized carbons (Fsp3) is 0.158. The molecule has 7 nitrogen and oxygen atoms in total. The summed E-state index contributed by atoms with van der Waals surface area (Å²) in [7, 11) is -4.27. The smallest absolute Gasteiger partial charge is 0.285 e. The lowest BCUT2D eigenvalue weighted by Crippen LogP contribution is -2.31. The monoisotopic (exact) mass is 487 g/mol. The predicted octanol–water partition coefficient (Wildman–Crippen LogP) is 4.74. The maximum Gasteiger partial charge on any atom is 0.285 e. The highest BCUT2D eigenvalue weighted by atomic mass is 35.5. The molecule has 0 radical (unpaired) electrons. The number of benzene rings is 2. The summed E-state index contributed by atoms with van der Waals surface area (Å²) in [5.41, 5.74) is 0.434. The Labute approximate surface area is 188 Å². The van der Waals surface area contributed by atoms with E-state index >= 15 is 0 Å². The molecule has 0 saturated carbocycles. The van der Waals surface area contributed by atoms with Crippen molar-refractivity contribution in [2.24, 2.45) is 0 Å². The van der Waals surface area contributed by atoms with Crippen LogP contribution >= 0.6 is 34.8 Å². The van der Waals surface area contributed by atoms with E-state index in [-0.39, 0.29) is 21.7 Å². The summed E-state index contributed by atoms with van der Waals surface area (Å²) in [5, 5.41) is 0.751. The molecule has 0 atom stereocenters. The van der Waals surface area contributed by atoms with Crippen molar-refractivity contribution in [1.29, 1.82) is 0 Å². The van der Waals surface area contributed by atoms with Crippen molar-refractivity contribution in [2.75, 3.05) is 0 Å². The van der Waals surface area contributed by atoms with Crippen molar-refractivity contribution < 1.29 is 17.9 Å². The van der Waals surface area contributed by atoms with Crippen LogP contribution in [0.25, 0.3) is 5.69 Å². The van der Waals surface area contributed by atoms with E-state index in [9.17, 15) is 13.2 Å². The van der Waals surface area contributed by atoms with Gasteiger partial charge in [0.05, 0.1) is 11.1 Å². The van der Waals surface area contributed by atoms with E-state index in [2.05, 4.69) is 4.98 Å². The number of hydrogen-bond acceptors (Lipinski definition) is 5. The van der Waals surface area contributed by atoms with Gasteiger partial charge in [-0.15, -0.1) is 0 Å². The highest BCUT2D eigenvalue weighted by Crippen LogP contribution is 2.27. The van der Waals surface area contributed by atoms with E-state index in [1.807, 2.05) is 4.72 Å². The van der Waals surface area contributed by atoms with Crippen molar-refractivity contribution in [3.05, 3.63) is 69.7 Å². The lowest BCUT2D eigenvalue weighted by molar-refractivity contribution is 0.0977. The number of nitrogens with zero attached hydrogens (tertiary/aromatic N) is 2. The number of sulfonamides is 1. The van der Waals surface area contributed by atoms with Crippen molar-refractivity contribution in [1.82, 2.24) is 14.3 Å². The molecule has 1 N–H and O–H groups in total. The van der Waals surface area contributed by atoms with E-state index in [4.69, 9.17) is 39.5 Å². The molecule has 1 heterocycles. The number of imidazole rings is 1. The largest absolute Gasteiger partial charge is 0.491 e. The van der Waals surface area contributed by atoms with Crippen LogP contribution < -0.4 is 9.46 Å². The minimum Gasteiger partial charge on any atom is -0.491 e. The van der Waals surface area contributed by atoms with Gasteiger partial charge < -0.3 is 9.30 Å². The molecule has 11 heteroatoms. The molecule has 0 aliphatic rings. The standard InChI is InChI=1S/C19H16Cl3N3O4S/c1-11(2)29-15-3-4-16(22)18(8-15)30(27,28)24-19(26)17-9-25(10-23-17)14-6-12(20)5-13(21)7-14/h3-11H,1-2H3,(H,24,26). The van der Waals surface area contributed by atoms with Crippen LogP contribution in [-0.4, -0.2) is 30.0 Å². The van der Waals surface area contributed by atoms with E-state index < -0.39 is 15.9 Å². The van der Waals surface area contributed by atoms with Crippen LogP contribution in [0.3, 0.4) is 0 Å². The van der Waals surface area contributed by atoms with Crippen LogP contribution in [-0.2, 0) is 10.0 Å². The number of aromatic nitrogens is 2. The predicted molar refractivity (Wildman–Crippen MR) is 115 cm³/mol. The summed E-state index contributed by atoms with van der Waals surface area (Å²) in [6.45, 7) is 3.60. The van der Waals surface area contributed by atoms with Crippen molar-refractivity contribution in [3.63, 3.8) is 0 Å². The van der Waals surface area contributed by atoms with Crippen LogP contribution in [0.15, 0.2) is 53.8 Å². The fourth-order valence-electron chi connectivity index (χ4n) is 2.53. The van der Waals surface area contributed by atoms with Gasteiger partial charge in [0, 0.05) is 28.0 Å². The normalized spacial score (nSPS) is 11.5. The van der Waals surface area contributed by atoms with Crippen LogP contribution in [0.1, 0.15) is 24.3 Å². The summed E-state index contributed by atoms with van der Waals surface area (Å²) < 4.78 is 34.3. The second-order valence-electron chi connectivity index (χ2n) is 6.49. The molecule has 0 spiro atoms. The summed E-state index contributed by atoms with van der Waals surface area (Å²) in [4.78, 5) is 16.2. The molecule has 0 fully saturated rings. The van der Waals surface area contributed by atoms with Crippen LogP contribution in [0.4, 0.5) is 0 Å². The van der Waals surface area contributed by atoms with Gasteiger partial charge in [0.25, 0.3) is 15.9 Å². The molecule has 0 aliphatic heterocycles. The molecule has 3 aromatic rings. The average molecular weight is 489 g/mol. The van der Waals surface area contributed by atoms with E-state index in [1.54, 1.807) is 38.1 Å². The molecule has 1 amide bonds. The first-order chi connectivity index (χ1) is 14.0. The maximum absolute atomic E-state index is 12.7. The Morgan fingerprint density at radius 2 is 1.77 bits per heavy atom. The van der Waals surface area contributed by atoms with Crippen LogP contribution in [0, 0.1) is 0 Å². The third kappa shape index (κ3) is 5.26. The molecule has 158 valence electrons. The fourth-order valence-corrected chi connectivity index (χ4v) is 4.53. The van der Waals surface area contributed by atoms with Gasteiger partial charge in [-0.1, -0.05) is 34.8 Å². The van der Waals surface area contributed by atoms with Crippen molar-refractivity contribution in [2.45, 2.75) is 24.8 Å². The van der Waals surface area contributed by atoms with Crippen LogP contribution in [0.2, 0.25) is 15.1 Å². The summed E-state index contributed by atoms with van der Waals surface area (Å²) in [6.07, 6.45) is 2.53. The summed E-state index contributed by atoms with van der Waals surface area (Å²) in [6, 6.07) is 8.98. The molecule has 3 rings (SSSR count). The Balaban J connectivity index is 1.85. The van der Waals surface area contributed by atoms with Gasteiger partial charge in [-0.25, -0.2) is 18.1 Å². The highest BCUT2D eigenvalue weighted by Gasteiger charge is 2.24. The number of hydrogen-bond donors (Lipinski definition) is 1. The minimum atomic E-state index is -4.27. The zero-order valence-corrected chi connectivity index (χ0v) is 18.8. The first-order valence-corrected chi connectivity index (χ1v) is 11.2. The van der Waals surface area contributed by atoms with Crippen molar-refractivity contribution >= 4 is 50.7 Å². The third-order valence-electron chi connectivity index (χ3n) is 3.75. The van der Waals surface area contributed by atoms with Gasteiger partial charge in [-0.05, 0) is 44.2 Å².